The number of amides is 3. The van der Waals surface area contributed by atoms with E-state index >= 15 is 0 Å². The van der Waals surface area contributed by atoms with Gasteiger partial charge >= 0.3 is 6.03 Å². The summed E-state index contributed by atoms with van der Waals surface area (Å²) in [5, 5.41) is 4.99. The second-order valence-electron chi connectivity index (χ2n) is 7.33. The van der Waals surface area contributed by atoms with Crippen molar-refractivity contribution in [3.05, 3.63) is 89.0 Å². The predicted octanol–water partition coefficient (Wildman–Crippen LogP) is 4.50. The molecule has 8 heteroatoms. The number of halogens is 2. The molecule has 1 heterocycles. The van der Waals surface area contributed by atoms with Gasteiger partial charge in [-0.2, -0.15) is 0 Å². The van der Waals surface area contributed by atoms with Crippen LogP contribution in [0.3, 0.4) is 0 Å². The van der Waals surface area contributed by atoms with Crippen LogP contribution < -0.4 is 20.3 Å². The van der Waals surface area contributed by atoms with E-state index < -0.39 is 17.7 Å². The SMILES string of the molecule is COc1ccc(C(=O)N2CCc3ccc(CNC(=O)Nc4ccc(F)cc4F)cc32)cc1. The molecule has 3 aromatic rings. The van der Waals surface area contributed by atoms with Crippen LogP contribution >= 0.6 is 0 Å². The van der Waals surface area contributed by atoms with Crippen molar-refractivity contribution in [1.82, 2.24) is 5.32 Å². The van der Waals surface area contributed by atoms with Gasteiger partial charge < -0.3 is 20.3 Å². The highest BCUT2D eigenvalue weighted by molar-refractivity contribution is 6.07. The highest BCUT2D eigenvalue weighted by Gasteiger charge is 2.26. The highest BCUT2D eigenvalue weighted by atomic mass is 19.1. The number of hydrogen-bond acceptors (Lipinski definition) is 3. The molecule has 0 saturated heterocycles. The van der Waals surface area contributed by atoms with E-state index in [4.69, 9.17) is 4.74 Å². The summed E-state index contributed by atoms with van der Waals surface area (Å²) in [5.74, 6) is -1.01. The third-order valence-electron chi connectivity index (χ3n) is 5.26. The minimum atomic E-state index is -0.856. The number of nitrogens with zero attached hydrogens (tertiary/aromatic N) is 1. The van der Waals surface area contributed by atoms with E-state index in [1.54, 1.807) is 36.3 Å². The van der Waals surface area contributed by atoms with Crippen LogP contribution in [-0.2, 0) is 13.0 Å². The summed E-state index contributed by atoms with van der Waals surface area (Å²) in [6.07, 6.45) is 0.745. The number of benzene rings is 3. The number of fused-ring (bicyclic) bond motifs is 1. The van der Waals surface area contributed by atoms with Crippen molar-refractivity contribution >= 4 is 23.3 Å². The van der Waals surface area contributed by atoms with E-state index in [-0.39, 0.29) is 18.1 Å². The van der Waals surface area contributed by atoms with Gasteiger partial charge in [-0.05, 0) is 60.0 Å². The Kier molecular flexibility index (Phi) is 6.02. The van der Waals surface area contributed by atoms with Crippen LogP contribution in [0.1, 0.15) is 21.5 Å². The number of methoxy groups -OCH3 is 1. The standard InChI is InChI=1S/C24H21F2N3O3/c1-32-19-7-4-17(5-8-19)23(30)29-11-10-16-3-2-15(12-22(16)29)14-27-24(31)28-21-9-6-18(25)13-20(21)26/h2-9,12-13H,10-11,14H2,1H3,(H2,27,28,31). The fourth-order valence-electron chi connectivity index (χ4n) is 3.57. The molecular weight excluding hydrogens is 416 g/mol. The molecule has 2 N–H and O–H groups in total. The summed E-state index contributed by atoms with van der Waals surface area (Å²) in [6, 6.07) is 14.9. The largest absolute Gasteiger partial charge is 0.497 e. The van der Waals surface area contributed by atoms with Crippen LogP contribution in [0.15, 0.2) is 60.7 Å². The monoisotopic (exact) mass is 437 g/mol. The van der Waals surface area contributed by atoms with Crippen molar-refractivity contribution in [3.63, 3.8) is 0 Å². The maximum atomic E-state index is 13.7. The van der Waals surface area contributed by atoms with Crippen molar-refractivity contribution in [3.8, 4) is 5.75 Å². The molecule has 0 atom stereocenters. The summed E-state index contributed by atoms with van der Waals surface area (Å²) in [7, 11) is 1.57. The molecule has 164 valence electrons. The van der Waals surface area contributed by atoms with Crippen molar-refractivity contribution < 1.29 is 23.1 Å². The minimum absolute atomic E-state index is 0.110. The first kappa shape index (κ1) is 21.3. The number of anilines is 2. The van der Waals surface area contributed by atoms with E-state index in [1.165, 1.54) is 0 Å². The average molecular weight is 437 g/mol. The third-order valence-corrected chi connectivity index (χ3v) is 5.26. The van der Waals surface area contributed by atoms with Gasteiger partial charge in [0.1, 0.15) is 17.4 Å². The summed E-state index contributed by atoms with van der Waals surface area (Å²) in [6.45, 7) is 0.744. The number of ether oxygens (including phenoxy) is 1. The number of carbonyl (C=O) groups is 2. The third kappa shape index (κ3) is 4.54. The summed E-state index contributed by atoms with van der Waals surface area (Å²) < 4.78 is 31.8. The molecule has 1 aliphatic heterocycles. The number of rotatable bonds is 5. The molecular formula is C24H21F2N3O3. The number of nitrogens with one attached hydrogen (secondary N) is 2. The Morgan fingerprint density at radius 2 is 1.81 bits per heavy atom. The molecule has 0 bridgehead atoms. The Balaban J connectivity index is 1.42. The Morgan fingerprint density at radius 3 is 2.53 bits per heavy atom. The molecule has 32 heavy (non-hydrogen) atoms. The molecule has 3 aromatic carbocycles. The summed E-state index contributed by atoms with van der Waals surface area (Å²) in [5.41, 5.74) is 3.08. The zero-order chi connectivity index (χ0) is 22.7. The van der Waals surface area contributed by atoms with Crippen molar-refractivity contribution in [2.75, 3.05) is 23.9 Å². The van der Waals surface area contributed by atoms with E-state index in [0.717, 1.165) is 35.4 Å². The lowest BCUT2D eigenvalue weighted by Gasteiger charge is -2.18. The van der Waals surface area contributed by atoms with Gasteiger partial charge in [0, 0.05) is 30.4 Å². The molecule has 6 nitrogen and oxygen atoms in total. The predicted molar refractivity (Wildman–Crippen MR) is 117 cm³/mol. The van der Waals surface area contributed by atoms with E-state index in [1.807, 2.05) is 18.2 Å². The lowest BCUT2D eigenvalue weighted by molar-refractivity contribution is 0.0989. The van der Waals surface area contributed by atoms with Gasteiger partial charge in [0.25, 0.3) is 5.91 Å². The van der Waals surface area contributed by atoms with Gasteiger partial charge in [-0.1, -0.05) is 12.1 Å². The zero-order valence-electron chi connectivity index (χ0n) is 17.3. The van der Waals surface area contributed by atoms with E-state index in [9.17, 15) is 18.4 Å². The molecule has 0 unspecified atom stereocenters. The lowest BCUT2D eigenvalue weighted by Crippen LogP contribution is -2.30. The van der Waals surface area contributed by atoms with Crippen LogP contribution in [-0.4, -0.2) is 25.6 Å². The molecule has 4 rings (SSSR count). The van der Waals surface area contributed by atoms with Crippen molar-refractivity contribution in [2.45, 2.75) is 13.0 Å². The van der Waals surface area contributed by atoms with Crippen molar-refractivity contribution in [1.29, 1.82) is 0 Å². The van der Waals surface area contributed by atoms with Gasteiger partial charge in [0.05, 0.1) is 12.8 Å². The van der Waals surface area contributed by atoms with Gasteiger partial charge in [-0.3, -0.25) is 4.79 Å². The molecule has 0 aromatic heterocycles. The molecule has 0 saturated carbocycles. The Hall–Kier alpha value is -3.94. The topological polar surface area (TPSA) is 70.7 Å². The summed E-state index contributed by atoms with van der Waals surface area (Å²) >= 11 is 0. The first-order valence-corrected chi connectivity index (χ1v) is 10.0. The Morgan fingerprint density at radius 1 is 1.03 bits per heavy atom. The zero-order valence-corrected chi connectivity index (χ0v) is 17.3. The van der Waals surface area contributed by atoms with Crippen LogP contribution in [0.2, 0.25) is 0 Å². The van der Waals surface area contributed by atoms with Crippen LogP contribution in [0.5, 0.6) is 5.75 Å². The lowest BCUT2D eigenvalue weighted by atomic mass is 10.1. The molecule has 0 spiro atoms. The number of hydrogen-bond donors (Lipinski definition) is 2. The molecule has 1 aliphatic rings. The first-order valence-electron chi connectivity index (χ1n) is 10.0. The van der Waals surface area contributed by atoms with Crippen LogP contribution in [0.4, 0.5) is 25.0 Å². The van der Waals surface area contributed by atoms with Gasteiger partial charge in [-0.15, -0.1) is 0 Å². The van der Waals surface area contributed by atoms with Gasteiger partial charge in [-0.25, -0.2) is 13.6 Å². The number of urea groups is 1. The first-order chi connectivity index (χ1) is 15.4. The minimum Gasteiger partial charge on any atom is -0.497 e. The normalized spacial score (nSPS) is 12.3. The second-order valence-corrected chi connectivity index (χ2v) is 7.33. The maximum Gasteiger partial charge on any atom is 0.319 e. The number of carbonyl (C=O) groups excluding carboxylic acids is 2. The second kappa shape index (κ2) is 9.05. The maximum absolute atomic E-state index is 13.7. The van der Waals surface area contributed by atoms with Gasteiger partial charge in [0.2, 0.25) is 0 Å². The van der Waals surface area contributed by atoms with E-state index in [0.29, 0.717) is 23.9 Å². The summed E-state index contributed by atoms with van der Waals surface area (Å²) in [4.78, 5) is 26.8. The van der Waals surface area contributed by atoms with Gasteiger partial charge in [0.15, 0.2) is 0 Å². The average Bonchev–Trinajstić information content (AvgIpc) is 3.22. The molecule has 0 aliphatic carbocycles. The Bertz CT molecular complexity index is 1170. The fourth-order valence-corrected chi connectivity index (χ4v) is 3.57. The molecule has 3 amide bonds. The van der Waals surface area contributed by atoms with Crippen LogP contribution in [0, 0.1) is 11.6 Å². The fraction of sp³-hybridized carbons (Fsp3) is 0.167. The Labute approximate surface area is 183 Å². The molecule has 0 radical (unpaired) electrons. The van der Waals surface area contributed by atoms with Crippen molar-refractivity contribution in [2.24, 2.45) is 0 Å². The van der Waals surface area contributed by atoms with Crippen LogP contribution in [0.25, 0.3) is 0 Å². The smallest absolute Gasteiger partial charge is 0.319 e. The van der Waals surface area contributed by atoms with E-state index in [2.05, 4.69) is 10.6 Å². The quantitative estimate of drug-likeness (QED) is 0.618. The highest BCUT2D eigenvalue weighted by Crippen LogP contribution is 2.30. The molecule has 0 fully saturated rings.